The number of nitro benzene ring substituents is 1. The van der Waals surface area contributed by atoms with Gasteiger partial charge in [-0.3, -0.25) is 15.0 Å². The Morgan fingerprint density at radius 2 is 2.30 bits per heavy atom. The van der Waals surface area contributed by atoms with E-state index in [2.05, 4.69) is 10.2 Å². The summed E-state index contributed by atoms with van der Waals surface area (Å²) in [5.74, 6) is -0.499. The molecule has 2 rings (SSSR count). The Hall–Kier alpha value is -1.24. The molecule has 1 aliphatic heterocycles. The lowest BCUT2D eigenvalue weighted by molar-refractivity contribution is -0.386. The first-order valence-corrected chi connectivity index (χ1v) is 6.43. The van der Waals surface area contributed by atoms with E-state index in [1.54, 1.807) is 0 Å². The zero-order valence-electron chi connectivity index (χ0n) is 11.3. The monoisotopic (exact) mass is 303 g/mol. The van der Waals surface area contributed by atoms with Crippen LogP contribution in [0.15, 0.2) is 18.2 Å². The normalized spacial score (nSPS) is 19.4. The van der Waals surface area contributed by atoms with Crippen molar-refractivity contribution in [2.45, 2.75) is 25.4 Å². The summed E-state index contributed by atoms with van der Waals surface area (Å²) >= 11 is 0. The Morgan fingerprint density at radius 1 is 1.55 bits per heavy atom. The number of halogens is 2. The fraction of sp³-hybridized carbons (Fsp3) is 0.538. The average Bonchev–Trinajstić information content (AvgIpc) is 2.41. The Morgan fingerprint density at radius 3 is 2.95 bits per heavy atom. The number of nitro groups is 1. The van der Waals surface area contributed by atoms with Gasteiger partial charge in [-0.15, -0.1) is 12.4 Å². The first kappa shape index (κ1) is 16.8. The topological polar surface area (TPSA) is 58.4 Å². The molecule has 0 radical (unpaired) electrons. The first-order valence-electron chi connectivity index (χ1n) is 6.43. The lowest BCUT2D eigenvalue weighted by Crippen LogP contribution is -2.44. The predicted molar refractivity (Wildman–Crippen MR) is 77.7 cm³/mol. The molecule has 1 fully saturated rings. The van der Waals surface area contributed by atoms with Crippen LogP contribution in [0.2, 0.25) is 0 Å². The van der Waals surface area contributed by atoms with Crippen LogP contribution in [-0.4, -0.2) is 36.0 Å². The number of nitrogens with one attached hydrogen (secondary N) is 1. The maximum Gasteiger partial charge on any atom is 0.276 e. The molecule has 1 N–H and O–H groups in total. The summed E-state index contributed by atoms with van der Waals surface area (Å²) in [6.45, 7) is 1.94. The second kappa shape index (κ2) is 7.52. The van der Waals surface area contributed by atoms with Gasteiger partial charge < -0.3 is 5.32 Å². The maximum absolute atomic E-state index is 13.8. The van der Waals surface area contributed by atoms with Crippen molar-refractivity contribution in [3.8, 4) is 0 Å². The van der Waals surface area contributed by atoms with Gasteiger partial charge in [-0.2, -0.15) is 0 Å². The third kappa shape index (κ3) is 3.88. The van der Waals surface area contributed by atoms with Crippen molar-refractivity contribution < 1.29 is 9.31 Å². The smallest absolute Gasteiger partial charge is 0.276 e. The van der Waals surface area contributed by atoms with Crippen LogP contribution in [-0.2, 0) is 6.54 Å². The molecule has 1 aromatic carbocycles. The highest BCUT2D eigenvalue weighted by atomic mass is 35.5. The van der Waals surface area contributed by atoms with Crippen molar-refractivity contribution in [2.24, 2.45) is 0 Å². The molecule has 7 heteroatoms. The second-order valence-corrected chi connectivity index (χ2v) is 4.86. The maximum atomic E-state index is 13.8. The van der Waals surface area contributed by atoms with Crippen LogP contribution < -0.4 is 5.32 Å². The first-order chi connectivity index (χ1) is 9.11. The Labute approximate surface area is 123 Å². The second-order valence-electron chi connectivity index (χ2n) is 4.86. The lowest BCUT2D eigenvalue weighted by Gasteiger charge is -2.32. The molecule has 0 amide bonds. The van der Waals surface area contributed by atoms with Crippen molar-refractivity contribution in [2.75, 3.05) is 20.1 Å². The number of likely N-dealkylation sites (N-methyl/N-ethyl adjacent to an activating group) is 1. The van der Waals surface area contributed by atoms with Gasteiger partial charge >= 0.3 is 0 Å². The highest BCUT2D eigenvalue weighted by Crippen LogP contribution is 2.24. The van der Waals surface area contributed by atoms with Crippen LogP contribution in [0.4, 0.5) is 10.1 Å². The van der Waals surface area contributed by atoms with Gasteiger partial charge in [0.15, 0.2) is 0 Å². The summed E-state index contributed by atoms with van der Waals surface area (Å²) < 4.78 is 13.8. The minimum Gasteiger partial charge on any atom is -0.316 e. The van der Waals surface area contributed by atoms with E-state index in [-0.39, 0.29) is 23.7 Å². The average molecular weight is 304 g/mol. The molecule has 0 aliphatic carbocycles. The summed E-state index contributed by atoms with van der Waals surface area (Å²) in [4.78, 5) is 12.5. The molecule has 1 saturated heterocycles. The van der Waals surface area contributed by atoms with E-state index in [1.165, 1.54) is 18.2 Å². The molecule has 20 heavy (non-hydrogen) atoms. The molecule has 1 aliphatic rings. The minimum atomic E-state index is -0.516. The van der Waals surface area contributed by atoms with E-state index in [1.807, 2.05) is 7.05 Å². The Kier molecular flexibility index (Phi) is 6.32. The van der Waals surface area contributed by atoms with Gasteiger partial charge in [0.1, 0.15) is 5.82 Å². The van der Waals surface area contributed by atoms with E-state index >= 15 is 0 Å². The summed E-state index contributed by atoms with van der Waals surface area (Å²) in [5.41, 5.74) is 0.0517. The van der Waals surface area contributed by atoms with E-state index in [4.69, 9.17) is 0 Å². The zero-order chi connectivity index (χ0) is 13.8. The highest BCUT2D eigenvalue weighted by Gasteiger charge is 2.24. The van der Waals surface area contributed by atoms with Crippen LogP contribution in [0.5, 0.6) is 0 Å². The van der Waals surface area contributed by atoms with Crippen molar-refractivity contribution >= 4 is 18.1 Å². The number of likely N-dealkylation sites (tertiary alicyclic amines) is 1. The van der Waals surface area contributed by atoms with Crippen LogP contribution in [0, 0.1) is 15.9 Å². The van der Waals surface area contributed by atoms with E-state index < -0.39 is 10.7 Å². The molecular formula is C13H19ClFN3O2. The van der Waals surface area contributed by atoms with E-state index in [0.717, 1.165) is 25.9 Å². The molecule has 0 saturated carbocycles. The SMILES string of the molecule is CNC1CCCN(Cc2c(F)cccc2[N+](=O)[O-])C1.Cl. The van der Waals surface area contributed by atoms with Gasteiger partial charge in [-0.1, -0.05) is 6.07 Å². The summed E-state index contributed by atoms with van der Waals surface area (Å²) in [5, 5.41) is 14.1. The fourth-order valence-corrected chi connectivity index (χ4v) is 2.53. The number of piperidine rings is 1. The quantitative estimate of drug-likeness (QED) is 0.685. The third-order valence-corrected chi connectivity index (χ3v) is 3.59. The summed E-state index contributed by atoms with van der Waals surface area (Å²) in [7, 11) is 1.90. The molecule has 0 aromatic heterocycles. The Balaban J connectivity index is 0.00000200. The molecule has 0 spiro atoms. The number of rotatable bonds is 4. The van der Waals surface area contributed by atoms with Gasteiger partial charge in [0.05, 0.1) is 10.5 Å². The van der Waals surface area contributed by atoms with E-state index in [9.17, 15) is 14.5 Å². The molecule has 1 unspecified atom stereocenters. The van der Waals surface area contributed by atoms with Crippen molar-refractivity contribution in [3.63, 3.8) is 0 Å². The van der Waals surface area contributed by atoms with Crippen molar-refractivity contribution in [1.29, 1.82) is 0 Å². The fourth-order valence-electron chi connectivity index (χ4n) is 2.53. The van der Waals surface area contributed by atoms with Crippen LogP contribution >= 0.6 is 12.4 Å². The molecule has 0 bridgehead atoms. The zero-order valence-corrected chi connectivity index (χ0v) is 12.2. The predicted octanol–water partition coefficient (Wildman–Crippen LogP) is 2.34. The Bertz CT molecular complexity index is 473. The number of benzene rings is 1. The molecule has 112 valence electrons. The summed E-state index contributed by atoms with van der Waals surface area (Å²) in [6, 6.07) is 4.39. The molecule has 1 aromatic rings. The van der Waals surface area contributed by atoms with Gasteiger partial charge in [-0.25, -0.2) is 4.39 Å². The molecule has 1 heterocycles. The lowest BCUT2D eigenvalue weighted by atomic mass is 10.0. The minimum absolute atomic E-state index is 0. The van der Waals surface area contributed by atoms with Crippen molar-refractivity contribution in [1.82, 2.24) is 10.2 Å². The van der Waals surface area contributed by atoms with E-state index in [0.29, 0.717) is 12.6 Å². The van der Waals surface area contributed by atoms with Crippen LogP contribution in [0.25, 0.3) is 0 Å². The standard InChI is InChI=1S/C13H18FN3O2.ClH/c1-15-10-4-3-7-16(8-10)9-11-12(14)5-2-6-13(11)17(18)19;/h2,5-6,10,15H,3-4,7-9H2,1H3;1H. The van der Waals surface area contributed by atoms with Gasteiger partial charge in [0.2, 0.25) is 0 Å². The van der Waals surface area contributed by atoms with Crippen LogP contribution in [0.1, 0.15) is 18.4 Å². The van der Waals surface area contributed by atoms with Gasteiger partial charge in [0, 0.05) is 25.2 Å². The molecule has 1 atom stereocenters. The van der Waals surface area contributed by atoms with Crippen molar-refractivity contribution in [3.05, 3.63) is 39.7 Å². The molecular weight excluding hydrogens is 285 g/mol. The summed E-state index contributed by atoms with van der Waals surface area (Å²) in [6.07, 6.45) is 2.11. The van der Waals surface area contributed by atoms with Crippen LogP contribution in [0.3, 0.4) is 0 Å². The third-order valence-electron chi connectivity index (χ3n) is 3.59. The van der Waals surface area contributed by atoms with Gasteiger partial charge in [0.25, 0.3) is 5.69 Å². The van der Waals surface area contributed by atoms with Gasteiger partial charge in [-0.05, 0) is 32.5 Å². The number of nitrogens with zero attached hydrogens (tertiary/aromatic N) is 2. The highest BCUT2D eigenvalue weighted by molar-refractivity contribution is 5.85. The number of hydrogen-bond acceptors (Lipinski definition) is 4. The molecule has 5 nitrogen and oxygen atoms in total. The number of hydrogen-bond donors (Lipinski definition) is 1. The largest absolute Gasteiger partial charge is 0.316 e.